The number of hydrogen-bond acceptors (Lipinski definition) is 10. The molecule has 0 aliphatic carbocycles. The van der Waals surface area contributed by atoms with Gasteiger partial charge in [-0.1, -0.05) is 27.7 Å². The molecule has 1 saturated heterocycles. The first-order valence-electron chi connectivity index (χ1n) is 16.2. The third-order valence-corrected chi connectivity index (χ3v) is 10.3. The molecule has 1 fully saturated rings. The van der Waals surface area contributed by atoms with Crippen molar-refractivity contribution in [2.45, 2.75) is 117 Å². The van der Waals surface area contributed by atoms with E-state index in [1.54, 1.807) is 40.0 Å². The van der Waals surface area contributed by atoms with Gasteiger partial charge in [-0.05, 0) is 78.6 Å². The number of rotatable bonds is 7. The number of aromatic nitrogens is 2. The normalized spacial score (nSPS) is 36.9. The molecule has 0 spiro atoms. The van der Waals surface area contributed by atoms with Gasteiger partial charge in [-0.3, -0.25) is 18.7 Å². The highest BCUT2D eigenvalue weighted by Gasteiger charge is 2.44. The third kappa shape index (κ3) is 10.1. The van der Waals surface area contributed by atoms with Gasteiger partial charge in [0.1, 0.15) is 24.0 Å². The molecule has 1 unspecified atom stereocenters. The Morgan fingerprint density at radius 1 is 1.13 bits per heavy atom. The van der Waals surface area contributed by atoms with E-state index in [-0.39, 0.29) is 29.6 Å². The van der Waals surface area contributed by atoms with Crippen LogP contribution in [0.2, 0.25) is 0 Å². The number of ether oxygens (including phenoxy) is 3. The maximum absolute atomic E-state index is 13.9. The summed E-state index contributed by atoms with van der Waals surface area (Å²) in [5.41, 5.74) is -0.941. The van der Waals surface area contributed by atoms with Crippen LogP contribution in [0.4, 0.5) is 0 Å². The standard InChI is InChI=1S/C32H52N3O8P.C2H4/c1-11-26-32(8,43-44(39)35-13-12-33-18-35)17-21(4)28(36)19(2)14-20(3)30(23(6)29(37)24(7)31(38)41-26)42-27-16-25(34(9)10)15-22(5)40-27;1-2/h12-13,17-20,22-27,30,39H,11,14-16H2,1-10H3;1-2H2/b21-17+;/t19-,20+,22-,23+,24-,25+,26-,27+,30+,32+,44?;/m1./s1. The average molecular weight is 666 g/mol. The number of imidazole rings is 1. The molecule has 11 nitrogen and oxygen atoms in total. The van der Waals surface area contributed by atoms with Gasteiger partial charge in [-0.15, -0.1) is 13.2 Å². The van der Waals surface area contributed by atoms with Gasteiger partial charge in [0.15, 0.2) is 17.9 Å². The Kier molecular flexibility index (Phi) is 15.4. The summed E-state index contributed by atoms with van der Waals surface area (Å²) in [7, 11) is 1.86. The number of esters is 1. The molecule has 46 heavy (non-hydrogen) atoms. The fourth-order valence-electron chi connectivity index (χ4n) is 6.46. The molecule has 1 N–H and O–H groups in total. The van der Waals surface area contributed by atoms with Crippen LogP contribution in [-0.4, -0.2) is 87.0 Å². The fourth-order valence-corrected chi connectivity index (χ4v) is 7.40. The minimum Gasteiger partial charge on any atom is -0.458 e. The van der Waals surface area contributed by atoms with Crippen LogP contribution in [0.5, 0.6) is 0 Å². The molecule has 11 atom stereocenters. The van der Waals surface area contributed by atoms with E-state index in [1.807, 2.05) is 41.8 Å². The first-order valence-corrected chi connectivity index (χ1v) is 17.4. The van der Waals surface area contributed by atoms with Crippen molar-refractivity contribution < 1.29 is 38.0 Å². The molecule has 0 amide bonds. The van der Waals surface area contributed by atoms with Crippen molar-refractivity contribution in [2.24, 2.45) is 23.7 Å². The zero-order valence-electron chi connectivity index (χ0n) is 29.3. The monoisotopic (exact) mass is 665 g/mol. The number of allylic oxidation sites excluding steroid dienone is 1. The van der Waals surface area contributed by atoms with E-state index in [0.29, 0.717) is 24.8 Å². The number of hydrogen-bond donors (Lipinski definition) is 1. The Hall–Kier alpha value is -2.27. The molecule has 0 saturated carbocycles. The Balaban J connectivity index is 0.00000361. The smallest absolute Gasteiger partial charge is 0.316 e. The second-order valence-electron chi connectivity index (χ2n) is 13.1. The van der Waals surface area contributed by atoms with E-state index in [1.165, 1.54) is 16.9 Å². The molecule has 3 rings (SSSR count). The number of carbonyl (C=O) groups excluding carboxylic acids is 3. The van der Waals surface area contributed by atoms with E-state index in [9.17, 15) is 19.3 Å². The maximum Gasteiger partial charge on any atom is 0.316 e. The summed E-state index contributed by atoms with van der Waals surface area (Å²) in [6.45, 7) is 20.4. The minimum absolute atomic E-state index is 0.0145. The van der Waals surface area contributed by atoms with Crippen molar-refractivity contribution in [3.05, 3.63) is 43.5 Å². The second-order valence-corrected chi connectivity index (χ2v) is 14.2. The lowest BCUT2D eigenvalue weighted by molar-refractivity contribution is -0.236. The lowest BCUT2D eigenvalue weighted by atomic mass is 9.80. The van der Waals surface area contributed by atoms with E-state index in [0.717, 1.165) is 6.42 Å². The SMILES string of the molecule is C=C.CC[C@H]1OC(=O)[C@H](C)C(=O)[C@H](C)[C@@H](O[C@H]2C[C@@H](N(C)C)C[C@@H](C)O2)[C@@H](C)C[C@@H](C)C(=O)/C(C)=C/[C@]1(C)OP(O)n1ccnc1. The van der Waals surface area contributed by atoms with Crippen molar-refractivity contribution in [3.8, 4) is 0 Å². The Labute approximate surface area is 276 Å². The number of carbonyl (C=O) groups is 3. The average Bonchev–Trinajstić information content (AvgIpc) is 3.56. The molecule has 1 aromatic rings. The number of ketones is 2. The van der Waals surface area contributed by atoms with Crippen LogP contribution in [0.3, 0.4) is 0 Å². The first-order chi connectivity index (χ1) is 21.6. The molecular weight excluding hydrogens is 609 g/mol. The van der Waals surface area contributed by atoms with Crippen molar-refractivity contribution in [2.75, 3.05) is 14.1 Å². The largest absolute Gasteiger partial charge is 0.458 e. The first kappa shape index (κ1) is 39.9. The maximum atomic E-state index is 13.9. The molecule has 2 aliphatic rings. The van der Waals surface area contributed by atoms with Crippen LogP contribution in [-0.2, 0) is 33.1 Å². The molecule has 0 radical (unpaired) electrons. The van der Waals surface area contributed by atoms with E-state index in [4.69, 9.17) is 18.7 Å². The van der Waals surface area contributed by atoms with Crippen LogP contribution in [0.15, 0.2) is 43.5 Å². The molecule has 0 aromatic carbocycles. The number of Topliss-reactive ketones (excluding diaryl/α,β-unsaturated/α-hetero) is 2. The summed E-state index contributed by atoms with van der Waals surface area (Å²) in [6.07, 6.45) is 6.43. The molecule has 3 heterocycles. The third-order valence-electron chi connectivity index (χ3n) is 9.07. The molecular formula is C34H56N3O8P. The summed E-state index contributed by atoms with van der Waals surface area (Å²) in [4.78, 5) is 58.1. The van der Waals surface area contributed by atoms with Gasteiger partial charge in [0, 0.05) is 36.7 Å². The van der Waals surface area contributed by atoms with Gasteiger partial charge in [-0.25, -0.2) is 4.98 Å². The highest BCUT2D eigenvalue weighted by atomic mass is 31.2. The summed E-state index contributed by atoms with van der Waals surface area (Å²) < 4.78 is 26.3. The van der Waals surface area contributed by atoms with Crippen LogP contribution in [0.25, 0.3) is 0 Å². The van der Waals surface area contributed by atoms with Gasteiger partial charge < -0.3 is 28.5 Å². The molecule has 12 heteroatoms. The fraction of sp³-hybridized carbons (Fsp3) is 0.706. The minimum atomic E-state index is -2.21. The lowest BCUT2D eigenvalue weighted by Crippen LogP contribution is -2.48. The molecule has 1 aromatic heterocycles. The molecule has 0 bridgehead atoms. The van der Waals surface area contributed by atoms with Gasteiger partial charge >= 0.3 is 5.97 Å². The zero-order valence-corrected chi connectivity index (χ0v) is 30.2. The van der Waals surface area contributed by atoms with Gasteiger partial charge in [0.2, 0.25) is 0 Å². The Bertz CT molecular complexity index is 1180. The lowest BCUT2D eigenvalue weighted by Gasteiger charge is -2.41. The predicted molar refractivity (Wildman–Crippen MR) is 179 cm³/mol. The number of nitrogens with zero attached hydrogens (tertiary/aromatic N) is 3. The Morgan fingerprint density at radius 3 is 2.35 bits per heavy atom. The summed E-state index contributed by atoms with van der Waals surface area (Å²) >= 11 is 0. The Morgan fingerprint density at radius 2 is 1.78 bits per heavy atom. The van der Waals surface area contributed by atoms with E-state index in [2.05, 4.69) is 23.0 Å². The van der Waals surface area contributed by atoms with Gasteiger partial charge in [0.05, 0.1) is 12.2 Å². The van der Waals surface area contributed by atoms with Crippen molar-refractivity contribution >= 4 is 26.1 Å². The van der Waals surface area contributed by atoms with Gasteiger partial charge in [-0.2, -0.15) is 0 Å². The topological polar surface area (TPSA) is 129 Å². The van der Waals surface area contributed by atoms with Crippen LogP contribution < -0.4 is 0 Å². The molecule has 260 valence electrons. The number of cyclic esters (lactones) is 1. The molecule has 2 aliphatic heterocycles. The van der Waals surface area contributed by atoms with Crippen molar-refractivity contribution in [3.63, 3.8) is 0 Å². The van der Waals surface area contributed by atoms with Crippen LogP contribution in [0.1, 0.15) is 81.1 Å². The summed E-state index contributed by atoms with van der Waals surface area (Å²) in [6, 6.07) is 0.266. The summed E-state index contributed by atoms with van der Waals surface area (Å²) in [5, 5.41) is 0. The van der Waals surface area contributed by atoms with Crippen molar-refractivity contribution in [1.29, 1.82) is 0 Å². The highest BCUT2D eigenvalue weighted by Crippen LogP contribution is 2.43. The van der Waals surface area contributed by atoms with E-state index < -0.39 is 56.3 Å². The van der Waals surface area contributed by atoms with Crippen molar-refractivity contribution in [1.82, 2.24) is 14.2 Å². The highest BCUT2D eigenvalue weighted by molar-refractivity contribution is 7.44. The predicted octanol–water partition coefficient (Wildman–Crippen LogP) is 5.72. The van der Waals surface area contributed by atoms with Gasteiger partial charge in [0.25, 0.3) is 8.53 Å². The van der Waals surface area contributed by atoms with Crippen LogP contribution >= 0.6 is 8.53 Å². The summed E-state index contributed by atoms with van der Waals surface area (Å²) in [5.74, 6) is -3.44. The zero-order chi connectivity index (χ0) is 34.9. The van der Waals surface area contributed by atoms with E-state index >= 15 is 0 Å². The van der Waals surface area contributed by atoms with Crippen LogP contribution in [0, 0.1) is 23.7 Å². The quantitative estimate of drug-likeness (QED) is 0.167. The second kappa shape index (κ2) is 17.8.